The van der Waals surface area contributed by atoms with Crippen molar-refractivity contribution in [1.82, 2.24) is 30.2 Å². The number of nitrogens with zero attached hydrogens (tertiary/aromatic N) is 5. The van der Waals surface area contributed by atoms with Crippen LogP contribution in [0.1, 0.15) is 33.1 Å². The zero-order chi connectivity index (χ0) is 18.4. The molecule has 0 aromatic carbocycles. The molecule has 1 saturated heterocycles. The average Bonchev–Trinajstić information content (AvgIpc) is 3.17. The monoisotopic (exact) mass is 359 g/mol. The van der Waals surface area contributed by atoms with Gasteiger partial charge in [-0.05, 0) is 38.9 Å². The molecule has 1 aliphatic heterocycles. The first kappa shape index (κ1) is 18.6. The molecule has 2 aromatic heterocycles. The number of aromatic nitrogens is 4. The molecule has 0 saturated carbocycles. The Balaban J connectivity index is 1.45. The van der Waals surface area contributed by atoms with Crippen molar-refractivity contribution in [3.63, 3.8) is 0 Å². The lowest BCUT2D eigenvalue weighted by molar-refractivity contribution is -0.125. The van der Waals surface area contributed by atoms with Gasteiger partial charge in [-0.2, -0.15) is 0 Å². The van der Waals surface area contributed by atoms with E-state index in [4.69, 9.17) is 0 Å². The molecule has 8 heteroatoms. The SMILES string of the molecule is CCN(CC)CCCNC(=O)C1CCN(c2ncnc3nc[nH]c23)CC1. The van der Waals surface area contributed by atoms with Crippen molar-refractivity contribution in [2.75, 3.05) is 44.2 Å². The van der Waals surface area contributed by atoms with Gasteiger partial charge in [0.2, 0.25) is 5.91 Å². The quantitative estimate of drug-likeness (QED) is 0.693. The van der Waals surface area contributed by atoms with Gasteiger partial charge in [-0.3, -0.25) is 4.79 Å². The maximum absolute atomic E-state index is 12.4. The van der Waals surface area contributed by atoms with Crippen molar-refractivity contribution >= 4 is 22.9 Å². The van der Waals surface area contributed by atoms with E-state index >= 15 is 0 Å². The van der Waals surface area contributed by atoms with E-state index < -0.39 is 0 Å². The molecule has 26 heavy (non-hydrogen) atoms. The number of carbonyl (C=O) groups excluding carboxylic acids is 1. The van der Waals surface area contributed by atoms with Crippen molar-refractivity contribution in [3.8, 4) is 0 Å². The number of nitrogens with one attached hydrogen (secondary N) is 2. The standard InChI is InChI=1S/C18H29N7O/c1-3-24(4-2)9-5-8-19-18(26)14-6-10-25(11-7-14)17-15-16(21-12-20-15)22-13-23-17/h12-14H,3-11H2,1-2H3,(H,19,26)(H,20,21,22,23). The fraction of sp³-hybridized carbons (Fsp3) is 0.667. The van der Waals surface area contributed by atoms with Crippen LogP contribution in [-0.2, 0) is 4.79 Å². The van der Waals surface area contributed by atoms with Gasteiger partial charge in [-0.25, -0.2) is 15.0 Å². The Morgan fingerprint density at radius 1 is 1.27 bits per heavy atom. The second-order valence-electron chi connectivity index (χ2n) is 6.73. The number of piperidine rings is 1. The molecule has 142 valence electrons. The van der Waals surface area contributed by atoms with Crippen LogP contribution in [0.5, 0.6) is 0 Å². The van der Waals surface area contributed by atoms with Gasteiger partial charge in [0, 0.05) is 25.6 Å². The summed E-state index contributed by atoms with van der Waals surface area (Å²) in [6, 6.07) is 0. The predicted molar refractivity (Wildman–Crippen MR) is 102 cm³/mol. The minimum Gasteiger partial charge on any atom is -0.356 e. The third kappa shape index (κ3) is 4.30. The van der Waals surface area contributed by atoms with Gasteiger partial charge in [-0.1, -0.05) is 13.8 Å². The van der Waals surface area contributed by atoms with Gasteiger partial charge in [0.25, 0.3) is 0 Å². The minimum atomic E-state index is 0.0961. The van der Waals surface area contributed by atoms with E-state index in [9.17, 15) is 4.79 Å². The molecule has 0 atom stereocenters. The molecule has 0 spiro atoms. The highest BCUT2D eigenvalue weighted by atomic mass is 16.1. The highest BCUT2D eigenvalue weighted by Gasteiger charge is 2.26. The molecular weight excluding hydrogens is 330 g/mol. The molecule has 0 bridgehead atoms. The van der Waals surface area contributed by atoms with Crippen molar-refractivity contribution in [3.05, 3.63) is 12.7 Å². The lowest BCUT2D eigenvalue weighted by atomic mass is 9.96. The van der Waals surface area contributed by atoms with Gasteiger partial charge in [0.05, 0.1) is 6.33 Å². The van der Waals surface area contributed by atoms with Crippen molar-refractivity contribution in [2.24, 2.45) is 5.92 Å². The van der Waals surface area contributed by atoms with E-state index in [1.165, 1.54) is 0 Å². The Bertz CT molecular complexity index is 704. The lowest BCUT2D eigenvalue weighted by Gasteiger charge is -2.32. The molecule has 3 heterocycles. The maximum Gasteiger partial charge on any atom is 0.223 e. The van der Waals surface area contributed by atoms with Crippen molar-refractivity contribution < 1.29 is 4.79 Å². The summed E-state index contributed by atoms with van der Waals surface area (Å²) in [5.41, 5.74) is 1.55. The molecule has 2 aromatic rings. The average molecular weight is 359 g/mol. The number of aromatic amines is 1. The number of H-pyrrole nitrogens is 1. The number of imidazole rings is 1. The van der Waals surface area contributed by atoms with E-state index in [2.05, 4.69) is 48.9 Å². The molecule has 0 unspecified atom stereocenters. The zero-order valence-corrected chi connectivity index (χ0v) is 15.7. The molecule has 0 radical (unpaired) electrons. The smallest absolute Gasteiger partial charge is 0.223 e. The molecule has 1 amide bonds. The Kier molecular flexibility index (Phi) is 6.38. The van der Waals surface area contributed by atoms with Gasteiger partial charge in [-0.15, -0.1) is 0 Å². The van der Waals surface area contributed by atoms with E-state index in [1.54, 1.807) is 12.7 Å². The summed E-state index contributed by atoms with van der Waals surface area (Å²) in [6.45, 7) is 9.92. The Morgan fingerprint density at radius 3 is 2.77 bits per heavy atom. The second kappa shape index (κ2) is 8.93. The Hall–Kier alpha value is -2.22. The molecule has 2 N–H and O–H groups in total. The van der Waals surface area contributed by atoms with Crippen LogP contribution in [0, 0.1) is 5.92 Å². The van der Waals surface area contributed by atoms with Crippen LogP contribution in [0.4, 0.5) is 5.82 Å². The summed E-state index contributed by atoms with van der Waals surface area (Å²) < 4.78 is 0. The number of fused-ring (bicyclic) bond motifs is 1. The summed E-state index contributed by atoms with van der Waals surface area (Å²) in [5.74, 6) is 1.17. The summed E-state index contributed by atoms with van der Waals surface area (Å²) in [7, 11) is 0. The highest BCUT2D eigenvalue weighted by molar-refractivity contribution is 5.83. The van der Waals surface area contributed by atoms with E-state index in [0.29, 0.717) is 5.65 Å². The van der Waals surface area contributed by atoms with Crippen LogP contribution in [-0.4, -0.2) is 70.0 Å². The highest BCUT2D eigenvalue weighted by Crippen LogP contribution is 2.25. The molecule has 8 nitrogen and oxygen atoms in total. The maximum atomic E-state index is 12.4. The first-order valence-electron chi connectivity index (χ1n) is 9.62. The second-order valence-corrected chi connectivity index (χ2v) is 6.73. The molecule has 1 fully saturated rings. The van der Waals surface area contributed by atoms with Crippen LogP contribution < -0.4 is 10.2 Å². The molecule has 0 aliphatic carbocycles. The summed E-state index contributed by atoms with van der Waals surface area (Å²) in [4.78, 5) is 32.9. The third-order valence-corrected chi connectivity index (χ3v) is 5.21. The van der Waals surface area contributed by atoms with E-state index in [0.717, 1.165) is 69.9 Å². The number of hydrogen-bond donors (Lipinski definition) is 2. The fourth-order valence-corrected chi connectivity index (χ4v) is 3.54. The number of hydrogen-bond acceptors (Lipinski definition) is 6. The van der Waals surface area contributed by atoms with Gasteiger partial charge >= 0.3 is 0 Å². The number of carbonyl (C=O) groups is 1. The third-order valence-electron chi connectivity index (χ3n) is 5.21. The Morgan fingerprint density at radius 2 is 2.04 bits per heavy atom. The zero-order valence-electron chi connectivity index (χ0n) is 15.7. The molecular formula is C18H29N7O. The number of amides is 1. The Labute approximate surface area is 154 Å². The van der Waals surface area contributed by atoms with Gasteiger partial charge in [0.1, 0.15) is 11.8 Å². The lowest BCUT2D eigenvalue weighted by Crippen LogP contribution is -2.41. The van der Waals surface area contributed by atoms with Crippen LogP contribution in [0.3, 0.4) is 0 Å². The van der Waals surface area contributed by atoms with Crippen LogP contribution >= 0.6 is 0 Å². The van der Waals surface area contributed by atoms with E-state index in [1.807, 2.05) is 0 Å². The molecule has 3 rings (SSSR count). The largest absolute Gasteiger partial charge is 0.356 e. The van der Waals surface area contributed by atoms with Crippen LogP contribution in [0.15, 0.2) is 12.7 Å². The predicted octanol–water partition coefficient (Wildman–Crippen LogP) is 1.42. The number of anilines is 1. The minimum absolute atomic E-state index is 0.0961. The van der Waals surface area contributed by atoms with Crippen molar-refractivity contribution in [1.29, 1.82) is 0 Å². The van der Waals surface area contributed by atoms with Gasteiger partial charge < -0.3 is 20.1 Å². The summed E-state index contributed by atoms with van der Waals surface area (Å²) in [5, 5.41) is 3.11. The molecule has 1 aliphatic rings. The fourth-order valence-electron chi connectivity index (χ4n) is 3.54. The van der Waals surface area contributed by atoms with E-state index in [-0.39, 0.29) is 11.8 Å². The summed E-state index contributed by atoms with van der Waals surface area (Å²) in [6.07, 6.45) is 5.89. The first-order chi connectivity index (χ1) is 12.7. The first-order valence-corrected chi connectivity index (χ1v) is 9.62. The number of rotatable bonds is 8. The van der Waals surface area contributed by atoms with Gasteiger partial charge in [0.15, 0.2) is 11.5 Å². The topological polar surface area (TPSA) is 90.0 Å². The summed E-state index contributed by atoms with van der Waals surface area (Å²) >= 11 is 0. The normalized spacial score (nSPS) is 15.7. The van der Waals surface area contributed by atoms with Crippen molar-refractivity contribution in [2.45, 2.75) is 33.1 Å². The van der Waals surface area contributed by atoms with Crippen LogP contribution in [0.2, 0.25) is 0 Å². The van der Waals surface area contributed by atoms with Crippen LogP contribution in [0.25, 0.3) is 11.2 Å².